The van der Waals surface area contributed by atoms with Crippen LogP contribution in [0.1, 0.15) is 97.2 Å². The summed E-state index contributed by atoms with van der Waals surface area (Å²) in [4.78, 5) is 14.6. The molecule has 3 aliphatic rings. The summed E-state index contributed by atoms with van der Waals surface area (Å²) in [6.07, 6.45) is 13.0. The largest absolute Gasteiger partial charge is 0.295 e. The maximum absolute atomic E-state index is 4.99. The summed E-state index contributed by atoms with van der Waals surface area (Å²) in [5.41, 5.74) is 24.4. The van der Waals surface area contributed by atoms with Gasteiger partial charge in [-0.15, -0.1) is 0 Å². The van der Waals surface area contributed by atoms with Crippen LogP contribution in [0, 0.1) is 0 Å². The Balaban J connectivity index is 0.671. The fourth-order valence-corrected chi connectivity index (χ4v) is 13.8. The molecule has 83 heavy (non-hydrogen) atoms. The SMILES string of the molecule is CC1(C)c2cc(C=Cc3ccc4c(c3)C(C)(C)c3cc(N(c5ccccc5)c5nccc6ccccc56)ccc3-4)ccc2-c2ccc(C=Cc3ccc4c(c3)C(C)(C)c3cc(N(c5ccccc5)c5nccc6ccccc56)ccc3-4)cc21. The molecular formula is C79H62N4. The molecule has 10 aromatic carbocycles. The molecular weight excluding hydrogens is 1000 g/mol. The van der Waals surface area contributed by atoms with Crippen LogP contribution in [0.25, 0.3) is 79.2 Å². The van der Waals surface area contributed by atoms with Crippen molar-refractivity contribution >= 4 is 80.2 Å². The second-order valence-corrected chi connectivity index (χ2v) is 24.3. The van der Waals surface area contributed by atoms with Gasteiger partial charge in [-0.2, -0.15) is 0 Å². The maximum atomic E-state index is 4.99. The van der Waals surface area contributed by atoms with Gasteiger partial charge in [0.25, 0.3) is 0 Å². The van der Waals surface area contributed by atoms with E-state index in [1.165, 1.54) is 99.8 Å². The van der Waals surface area contributed by atoms with Crippen LogP contribution in [0.2, 0.25) is 0 Å². The number of hydrogen-bond acceptors (Lipinski definition) is 4. The lowest BCUT2D eigenvalue weighted by molar-refractivity contribution is 0.660. The highest BCUT2D eigenvalue weighted by Crippen LogP contribution is 2.54. The summed E-state index contributed by atoms with van der Waals surface area (Å²) < 4.78 is 0. The molecule has 0 saturated heterocycles. The van der Waals surface area contributed by atoms with Crippen LogP contribution in [0.3, 0.4) is 0 Å². The molecule has 4 nitrogen and oxygen atoms in total. The minimum atomic E-state index is -0.212. The fraction of sp³-hybridized carbons (Fsp3) is 0.114. The molecule has 15 rings (SSSR count). The van der Waals surface area contributed by atoms with Gasteiger partial charge in [0.05, 0.1) is 0 Å². The van der Waals surface area contributed by atoms with Gasteiger partial charge in [-0.3, -0.25) is 9.80 Å². The number of pyridine rings is 2. The summed E-state index contributed by atoms with van der Waals surface area (Å²) in [6, 6.07) is 84.4. The number of para-hydroxylation sites is 2. The normalized spacial score (nSPS) is 14.6. The Morgan fingerprint density at radius 2 is 0.566 bits per heavy atom. The van der Waals surface area contributed by atoms with Gasteiger partial charge in [-0.25, -0.2) is 9.97 Å². The van der Waals surface area contributed by atoms with Crippen molar-refractivity contribution in [2.45, 2.75) is 57.8 Å². The Kier molecular flexibility index (Phi) is 11.5. The van der Waals surface area contributed by atoms with Gasteiger partial charge < -0.3 is 0 Å². The fourth-order valence-electron chi connectivity index (χ4n) is 13.8. The van der Waals surface area contributed by atoms with Crippen LogP contribution in [0.4, 0.5) is 34.4 Å². The van der Waals surface area contributed by atoms with Crippen LogP contribution < -0.4 is 9.80 Å². The van der Waals surface area contributed by atoms with Crippen molar-refractivity contribution in [3.63, 3.8) is 0 Å². The van der Waals surface area contributed by atoms with Crippen molar-refractivity contribution < 1.29 is 0 Å². The molecule has 0 bridgehead atoms. The van der Waals surface area contributed by atoms with Gasteiger partial charge in [0.1, 0.15) is 11.6 Å². The molecule has 0 amide bonds. The van der Waals surface area contributed by atoms with E-state index in [2.05, 4.69) is 306 Å². The smallest absolute Gasteiger partial charge is 0.145 e. The summed E-state index contributed by atoms with van der Waals surface area (Å²) >= 11 is 0. The molecule has 0 fully saturated rings. The summed E-state index contributed by atoms with van der Waals surface area (Å²) in [6.45, 7) is 14.2. The monoisotopic (exact) mass is 1070 g/mol. The summed E-state index contributed by atoms with van der Waals surface area (Å²) in [5.74, 6) is 1.85. The van der Waals surface area contributed by atoms with Gasteiger partial charge in [0.15, 0.2) is 0 Å². The van der Waals surface area contributed by atoms with Crippen molar-refractivity contribution in [3.8, 4) is 33.4 Å². The lowest BCUT2D eigenvalue weighted by Crippen LogP contribution is -2.17. The van der Waals surface area contributed by atoms with Crippen molar-refractivity contribution in [3.05, 3.63) is 299 Å². The van der Waals surface area contributed by atoms with Gasteiger partial charge in [0.2, 0.25) is 0 Å². The van der Waals surface area contributed by atoms with E-state index >= 15 is 0 Å². The van der Waals surface area contributed by atoms with Gasteiger partial charge in [0, 0.05) is 62.2 Å². The number of benzene rings is 10. The molecule has 4 heteroatoms. The average Bonchev–Trinajstić information content (AvgIpc) is 4.07. The number of fused-ring (bicyclic) bond motifs is 11. The standard InChI is InChI=1S/C79H62N4/c1-77(2)69-45-51(25-27-53-31-37-65-67-39-33-59(49-73(67)78(3,4)71(65)47-53)82(57-19-9-7-10-20-57)75-61-23-15-13-17-55(61)41-43-80-75)29-35-63(69)64-36-30-52(46-70(64)77)26-28-54-32-38-66-68-40-34-60(50-74(68)79(5,6)72(66)48-54)83(58-21-11-8-12-22-58)76-62-24-16-14-18-56(62)42-44-81-76/h7-50H,1-6H3. The number of hydrogen-bond donors (Lipinski definition) is 0. The Morgan fingerprint density at radius 1 is 0.277 bits per heavy atom. The highest BCUT2D eigenvalue weighted by Gasteiger charge is 2.39. The van der Waals surface area contributed by atoms with E-state index in [1.807, 2.05) is 12.4 Å². The molecule has 0 saturated carbocycles. The average molecular weight is 1070 g/mol. The Bertz CT molecular complexity index is 4350. The molecule has 0 aliphatic heterocycles. The topological polar surface area (TPSA) is 32.3 Å². The molecule has 12 aromatic rings. The predicted molar refractivity (Wildman–Crippen MR) is 350 cm³/mol. The first-order valence-electron chi connectivity index (χ1n) is 29.0. The minimum Gasteiger partial charge on any atom is -0.295 e. The zero-order chi connectivity index (χ0) is 56.2. The second-order valence-electron chi connectivity index (χ2n) is 24.3. The molecule has 2 aromatic heterocycles. The molecule has 0 atom stereocenters. The van der Waals surface area contributed by atoms with Gasteiger partial charge in [-0.05, 0) is 160 Å². The second kappa shape index (κ2) is 19.1. The van der Waals surface area contributed by atoms with Crippen molar-refractivity contribution in [2.24, 2.45) is 0 Å². The van der Waals surface area contributed by atoms with E-state index in [9.17, 15) is 0 Å². The van der Waals surface area contributed by atoms with Crippen LogP contribution in [-0.4, -0.2) is 9.97 Å². The predicted octanol–water partition coefficient (Wildman–Crippen LogP) is 21.0. The number of anilines is 6. The van der Waals surface area contributed by atoms with E-state index in [4.69, 9.17) is 9.97 Å². The molecule has 3 aliphatic carbocycles. The third kappa shape index (κ3) is 8.18. The third-order valence-electron chi connectivity index (χ3n) is 18.3. The molecule has 0 radical (unpaired) electrons. The Morgan fingerprint density at radius 3 is 0.904 bits per heavy atom. The van der Waals surface area contributed by atoms with Crippen molar-refractivity contribution in [1.29, 1.82) is 0 Å². The molecule has 0 N–H and O–H groups in total. The summed E-state index contributed by atoms with van der Waals surface area (Å²) in [5, 5.41) is 4.58. The van der Waals surface area contributed by atoms with Crippen LogP contribution in [0.15, 0.2) is 243 Å². The first kappa shape index (κ1) is 50.1. The Labute approximate surface area is 487 Å². The highest BCUT2D eigenvalue weighted by molar-refractivity contribution is 5.99. The van der Waals surface area contributed by atoms with Gasteiger partial charge >= 0.3 is 0 Å². The van der Waals surface area contributed by atoms with Crippen LogP contribution >= 0.6 is 0 Å². The quantitative estimate of drug-likeness (QED) is 0.128. The first-order chi connectivity index (χ1) is 40.4. The van der Waals surface area contributed by atoms with E-state index in [0.717, 1.165) is 45.2 Å². The van der Waals surface area contributed by atoms with Crippen molar-refractivity contribution in [1.82, 2.24) is 9.97 Å². The van der Waals surface area contributed by atoms with Crippen molar-refractivity contribution in [2.75, 3.05) is 9.80 Å². The lowest BCUT2D eigenvalue weighted by Gasteiger charge is -2.28. The van der Waals surface area contributed by atoms with E-state index in [0.29, 0.717) is 0 Å². The molecule has 398 valence electrons. The molecule has 2 heterocycles. The first-order valence-corrected chi connectivity index (χ1v) is 29.0. The van der Waals surface area contributed by atoms with Gasteiger partial charge in [-0.1, -0.05) is 236 Å². The minimum absolute atomic E-state index is 0.164. The number of nitrogens with zero attached hydrogens (tertiary/aromatic N) is 4. The van der Waals surface area contributed by atoms with E-state index in [1.54, 1.807) is 0 Å². The van der Waals surface area contributed by atoms with Crippen LogP contribution in [-0.2, 0) is 16.2 Å². The maximum Gasteiger partial charge on any atom is 0.145 e. The van der Waals surface area contributed by atoms with Crippen LogP contribution in [0.5, 0.6) is 0 Å². The molecule has 0 unspecified atom stereocenters. The number of rotatable bonds is 10. The Hall–Kier alpha value is -9.90. The number of aromatic nitrogens is 2. The zero-order valence-electron chi connectivity index (χ0n) is 47.7. The summed E-state index contributed by atoms with van der Waals surface area (Å²) in [7, 11) is 0. The molecule has 0 spiro atoms. The zero-order valence-corrected chi connectivity index (χ0v) is 47.7. The van der Waals surface area contributed by atoms with E-state index < -0.39 is 0 Å². The highest BCUT2D eigenvalue weighted by atomic mass is 15.2. The third-order valence-corrected chi connectivity index (χ3v) is 18.3. The van der Waals surface area contributed by atoms with E-state index in [-0.39, 0.29) is 16.2 Å². The lowest BCUT2D eigenvalue weighted by atomic mass is 9.81.